The highest BCUT2D eigenvalue weighted by Crippen LogP contribution is 2.40. The van der Waals surface area contributed by atoms with Crippen molar-refractivity contribution in [2.75, 3.05) is 0 Å². The molecule has 0 radical (unpaired) electrons. The van der Waals surface area contributed by atoms with E-state index in [1.54, 1.807) is 7.05 Å². The minimum atomic E-state index is -0.348. The first-order valence-electron chi connectivity index (χ1n) is 7.37. The molecule has 2 heterocycles. The van der Waals surface area contributed by atoms with Crippen molar-refractivity contribution >= 4 is 11.2 Å². The summed E-state index contributed by atoms with van der Waals surface area (Å²) >= 11 is 0. The lowest BCUT2D eigenvalue weighted by Gasteiger charge is -2.13. The summed E-state index contributed by atoms with van der Waals surface area (Å²) in [6.07, 6.45) is 2.99. The van der Waals surface area contributed by atoms with E-state index >= 15 is 0 Å². The van der Waals surface area contributed by atoms with Gasteiger partial charge in [0.2, 0.25) is 0 Å². The minimum absolute atomic E-state index is 0.0261. The molecular weight excluding hydrogens is 270 g/mol. The standard InChI is InChI=1S/C14H21N5O2/c1-4-9(15)7-19-10-12(16-11(19)8-5-6-8)17(2)14(21)18(3)13(10)20/h8-9H,4-7,15H2,1-3H3. The van der Waals surface area contributed by atoms with Gasteiger partial charge in [0, 0.05) is 32.6 Å². The molecule has 1 aliphatic rings. The van der Waals surface area contributed by atoms with Gasteiger partial charge in [0.1, 0.15) is 5.82 Å². The molecule has 1 saturated carbocycles. The number of aryl methyl sites for hydroxylation is 1. The van der Waals surface area contributed by atoms with Gasteiger partial charge in [-0.1, -0.05) is 6.92 Å². The monoisotopic (exact) mass is 291 g/mol. The predicted octanol–water partition coefficient (Wildman–Crippen LogP) is 0.0484. The number of fused-ring (bicyclic) bond motifs is 1. The van der Waals surface area contributed by atoms with Gasteiger partial charge in [-0.05, 0) is 19.3 Å². The molecule has 1 unspecified atom stereocenters. The van der Waals surface area contributed by atoms with Crippen molar-refractivity contribution in [1.29, 1.82) is 0 Å². The Morgan fingerprint density at radius 3 is 2.52 bits per heavy atom. The summed E-state index contributed by atoms with van der Waals surface area (Å²) in [5.74, 6) is 1.29. The van der Waals surface area contributed by atoms with Crippen LogP contribution in [-0.4, -0.2) is 24.7 Å². The Kier molecular flexibility index (Phi) is 3.24. The van der Waals surface area contributed by atoms with E-state index in [-0.39, 0.29) is 17.3 Å². The maximum absolute atomic E-state index is 12.5. The lowest BCUT2D eigenvalue weighted by Crippen LogP contribution is -2.38. The van der Waals surface area contributed by atoms with Crippen LogP contribution in [0.1, 0.15) is 37.9 Å². The molecule has 1 aliphatic carbocycles. The summed E-state index contributed by atoms with van der Waals surface area (Å²) in [7, 11) is 3.15. The lowest BCUT2D eigenvalue weighted by molar-refractivity contribution is 0.531. The number of hydrogen-bond donors (Lipinski definition) is 1. The Labute approximate surface area is 122 Å². The predicted molar refractivity (Wildman–Crippen MR) is 80.5 cm³/mol. The maximum Gasteiger partial charge on any atom is 0.332 e. The number of nitrogens with zero attached hydrogens (tertiary/aromatic N) is 4. The van der Waals surface area contributed by atoms with Crippen LogP contribution in [0, 0.1) is 0 Å². The van der Waals surface area contributed by atoms with Crippen molar-refractivity contribution < 1.29 is 0 Å². The Morgan fingerprint density at radius 1 is 1.29 bits per heavy atom. The molecule has 2 aromatic rings. The van der Waals surface area contributed by atoms with Crippen LogP contribution in [0.5, 0.6) is 0 Å². The fourth-order valence-electron chi connectivity index (χ4n) is 2.66. The average molecular weight is 291 g/mol. The third-order valence-electron chi connectivity index (χ3n) is 4.26. The smallest absolute Gasteiger partial charge is 0.326 e. The quantitative estimate of drug-likeness (QED) is 0.862. The van der Waals surface area contributed by atoms with Crippen LogP contribution in [0.4, 0.5) is 0 Å². The molecule has 0 saturated heterocycles. The van der Waals surface area contributed by atoms with Crippen LogP contribution in [0.3, 0.4) is 0 Å². The van der Waals surface area contributed by atoms with E-state index in [9.17, 15) is 9.59 Å². The first kappa shape index (κ1) is 14.1. The summed E-state index contributed by atoms with van der Waals surface area (Å²) in [4.78, 5) is 29.1. The van der Waals surface area contributed by atoms with E-state index in [2.05, 4.69) is 4.98 Å². The van der Waals surface area contributed by atoms with Crippen molar-refractivity contribution in [3.05, 3.63) is 26.7 Å². The van der Waals surface area contributed by atoms with E-state index in [4.69, 9.17) is 5.73 Å². The molecule has 114 valence electrons. The van der Waals surface area contributed by atoms with Gasteiger partial charge in [-0.2, -0.15) is 0 Å². The molecule has 2 N–H and O–H groups in total. The van der Waals surface area contributed by atoms with Gasteiger partial charge in [0.05, 0.1) is 0 Å². The third kappa shape index (κ3) is 2.12. The SMILES string of the molecule is CCC(N)Cn1c(C2CC2)nc2c1c(=O)n(C)c(=O)n2C. The fraction of sp³-hybridized carbons (Fsp3) is 0.643. The lowest BCUT2D eigenvalue weighted by atomic mass is 10.2. The molecule has 0 bridgehead atoms. The normalized spacial score (nSPS) is 16.6. The van der Waals surface area contributed by atoms with E-state index in [1.807, 2.05) is 11.5 Å². The topological polar surface area (TPSA) is 87.8 Å². The molecule has 0 aliphatic heterocycles. The highest BCUT2D eigenvalue weighted by molar-refractivity contribution is 5.71. The van der Waals surface area contributed by atoms with Gasteiger partial charge in [-0.25, -0.2) is 9.78 Å². The first-order chi connectivity index (χ1) is 9.95. The van der Waals surface area contributed by atoms with Gasteiger partial charge >= 0.3 is 5.69 Å². The van der Waals surface area contributed by atoms with Gasteiger partial charge < -0.3 is 10.3 Å². The Balaban J connectivity index is 2.34. The average Bonchev–Trinajstić information content (AvgIpc) is 3.25. The molecule has 21 heavy (non-hydrogen) atoms. The Bertz CT molecular complexity index is 809. The van der Waals surface area contributed by atoms with Gasteiger partial charge in [0.25, 0.3) is 5.56 Å². The van der Waals surface area contributed by atoms with Crippen LogP contribution in [0.25, 0.3) is 11.2 Å². The molecule has 2 aromatic heterocycles. The Hall–Kier alpha value is -1.89. The molecule has 0 spiro atoms. The van der Waals surface area contributed by atoms with E-state index in [0.29, 0.717) is 23.6 Å². The van der Waals surface area contributed by atoms with Crippen molar-refractivity contribution in [2.24, 2.45) is 19.8 Å². The molecule has 1 fully saturated rings. The molecule has 0 amide bonds. The summed E-state index contributed by atoms with van der Waals surface area (Å²) in [5, 5.41) is 0. The van der Waals surface area contributed by atoms with Crippen molar-refractivity contribution in [2.45, 2.75) is 44.7 Å². The fourth-order valence-corrected chi connectivity index (χ4v) is 2.66. The minimum Gasteiger partial charge on any atom is -0.326 e. The molecule has 1 atom stereocenters. The summed E-state index contributed by atoms with van der Waals surface area (Å²) in [6.45, 7) is 2.58. The Morgan fingerprint density at radius 2 is 1.95 bits per heavy atom. The number of imidazole rings is 1. The van der Waals surface area contributed by atoms with Crippen molar-refractivity contribution in [1.82, 2.24) is 18.7 Å². The molecule has 7 heteroatoms. The zero-order valence-electron chi connectivity index (χ0n) is 12.7. The number of aromatic nitrogens is 4. The molecule has 0 aromatic carbocycles. The molecule has 7 nitrogen and oxygen atoms in total. The number of nitrogens with two attached hydrogens (primary N) is 1. The summed E-state index contributed by atoms with van der Waals surface area (Å²) in [5.41, 5.74) is 6.39. The maximum atomic E-state index is 12.5. The van der Waals surface area contributed by atoms with Crippen LogP contribution < -0.4 is 17.0 Å². The second kappa shape index (κ2) is 4.84. The number of hydrogen-bond acceptors (Lipinski definition) is 4. The first-order valence-corrected chi connectivity index (χ1v) is 7.37. The zero-order valence-corrected chi connectivity index (χ0v) is 12.7. The van der Waals surface area contributed by atoms with Crippen LogP contribution in [-0.2, 0) is 20.6 Å². The van der Waals surface area contributed by atoms with Gasteiger partial charge in [0.15, 0.2) is 11.2 Å². The van der Waals surface area contributed by atoms with Gasteiger partial charge in [-0.15, -0.1) is 0 Å². The molecule has 3 rings (SSSR count). The molecular formula is C14H21N5O2. The second-order valence-corrected chi connectivity index (χ2v) is 5.90. The van der Waals surface area contributed by atoms with Crippen molar-refractivity contribution in [3.63, 3.8) is 0 Å². The van der Waals surface area contributed by atoms with Crippen LogP contribution >= 0.6 is 0 Å². The van der Waals surface area contributed by atoms with Gasteiger partial charge in [-0.3, -0.25) is 13.9 Å². The van der Waals surface area contributed by atoms with Crippen molar-refractivity contribution in [3.8, 4) is 0 Å². The number of rotatable bonds is 4. The van der Waals surface area contributed by atoms with E-state index < -0.39 is 0 Å². The second-order valence-electron chi connectivity index (χ2n) is 5.90. The highest BCUT2D eigenvalue weighted by Gasteiger charge is 2.31. The van der Waals surface area contributed by atoms with Crippen LogP contribution in [0.15, 0.2) is 9.59 Å². The largest absolute Gasteiger partial charge is 0.332 e. The van der Waals surface area contributed by atoms with Crippen LogP contribution in [0.2, 0.25) is 0 Å². The van der Waals surface area contributed by atoms with E-state index in [1.165, 1.54) is 11.6 Å². The highest BCUT2D eigenvalue weighted by atomic mass is 16.2. The zero-order chi connectivity index (χ0) is 15.3. The summed E-state index contributed by atoms with van der Waals surface area (Å²) in [6, 6.07) is -0.0261. The summed E-state index contributed by atoms with van der Waals surface area (Å²) < 4.78 is 4.51. The third-order valence-corrected chi connectivity index (χ3v) is 4.26. The van der Waals surface area contributed by atoms with E-state index in [0.717, 1.165) is 29.7 Å².